The van der Waals surface area contributed by atoms with Gasteiger partial charge in [0.25, 0.3) is 0 Å². The highest BCUT2D eigenvalue weighted by Crippen LogP contribution is 2.52. The van der Waals surface area contributed by atoms with Crippen molar-refractivity contribution in [1.82, 2.24) is 0 Å². The van der Waals surface area contributed by atoms with E-state index in [4.69, 9.17) is 14.6 Å². The van der Waals surface area contributed by atoms with Gasteiger partial charge in [0.05, 0.1) is 5.56 Å². The van der Waals surface area contributed by atoms with Crippen molar-refractivity contribution in [1.29, 1.82) is 0 Å². The van der Waals surface area contributed by atoms with Gasteiger partial charge in [0.15, 0.2) is 34.5 Å². The fourth-order valence-electron chi connectivity index (χ4n) is 2.86. The number of rotatable bonds is 7. The first-order valence-electron chi connectivity index (χ1n) is 9.22. The van der Waals surface area contributed by atoms with Gasteiger partial charge < -0.3 is 60.5 Å². The Kier molecular flexibility index (Phi) is 6.16. The molecule has 0 bridgehead atoms. The molecule has 188 valence electrons. The van der Waals surface area contributed by atoms with E-state index < -0.39 is 97.8 Å². The summed E-state index contributed by atoms with van der Waals surface area (Å²) in [5.41, 5.74) is -2.59. The normalized spacial score (nSPS) is 10.6. The summed E-state index contributed by atoms with van der Waals surface area (Å²) in [4.78, 5) is 34.5. The van der Waals surface area contributed by atoms with E-state index in [9.17, 15) is 60.3 Å². The number of hydrogen-bond donors (Lipinski definition) is 10. The number of phenols is 7. The topological polar surface area (TPSA) is 272 Å². The molecule has 0 fully saturated rings. The van der Waals surface area contributed by atoms with Gasteiger partial charge in [0.2, 0.25) is 28.7 Å². The third-order valence-electron chi connectivity index (χ3n) is 4.59. The van der Waals surface area contributed by atoms with Gasteiger partial charge >= 0.3 is 17.9 Å². The monoisotopic (exact) mass is 506 g/mol. The molecule has 0 aliphatic heterocycles. The van der Waals surface area contributed by atoms with Crippen molar-refractivity contribution in [2.75, 3.05) is 0 Å². The molecule has 15 nitrogen and oxygen atoms in total. The molecule has 0 aliphatic carbocycles. The molecule has 0 heterocycles. The lowest BCUT2D eigenvalue weighted by Crippen LogP contribution is -2.05. The molecule has 3 aromatic carbocycles. The Morgan fingerprint density at radius 3 is 1.50 bits per heavy atom. The zero-order chi connectivity index (χ0) is 27.1. The van der Waals surface area contributed by atoms with Crippen molar-refractivity contribution in [3.63, 3.8) is 0 Å². The Labute approximate surface area is 197 Å². The summed E-state index contributed by atoms with van der Waals surface area (Å²) >= 11 is 0. The fourth-order valence-corrected chi connectivity index (χ4v) is 2.86. The van der Waals surface area contributed by atoms with Gasteiger partial charge in [0.1, 0.15) is 11.1 Å². The SMILES string of the molecule is O=C(O)c1cc(O)c(O)c(Oc2cc(C(=O)O)c(Oc3c(C(=O)O)cc(O)c(O)c3O)c(O)c2O)c1. The molecule has 0 saturated carbocycles. The van der Waals surface area contributed by atoms with Gasteiger partial charge in [-0.15, -0.1) is 0 Å². The van der Waals surface area contributed by atoms with Crippen LogP contribution < -0.4 is 9.47 Å². The van der Waals surface area contributed by atoms with Crippen LogP contribution in [-0.4, -0.2) is 69.0 Å². The van der Waals surface area contributed by atoms with Crippen LogP contribution >= 0.6 is 0 Å². The maximum Gasteiger partial charge on any atom is 0.339 e. The van der Waals surface area contributed by atoms with Crippen molar-refractivity contribution in [3.8, 4) is 63.2 Å². The van der Waals surface area contributed by atoms with Crippen LogP contribution in [0.1, 0.15) is 31.1 Å². The maximum absolute atomic E-state index is 11.8. The molecule has 3 aromatic rings. The van der Waals surface area contributed by atoms with Gasteiger partial charge in [-0.05, 0) is 12.1 Å². The van der Waals surface area contributed by atoms with Crippen LogP contribution in [0, 0.1) is 0 Å². The lowest BCUT2D eigenvalue weighted by Gasteiger charge is -2.18. The van der Waals surface area contributed by atoms with Crippen molar-refractivity contribution in [2.45, 2.75) is 0 Å². The summed E-state index contributed by atoms with van der Waals surface area (Å²) < 4.78 is 10.1. The third-order valence-corrected chi connectivity index (χ3v) is 4.59. The number of aromatic hydroxyl groups is 7. The molecule has 36 heavy (non-hydrogen) atoms. The molecular formula is C21H14O15. The first kappa shape index (κ1) is 24.9. The molecule has 15 heteroatoms. The van der Waals surface area contributed by atoms with Crippen LogP contribution in [0.15, 0.2) is 24.3 Å². The van der Waals surface area contributed by atoms with Crippen molar-refractivity contribution >= 4 is 17.9 Å². The summed E-state index contributed by atoms with van der Waals surface area (Å²) in [6.45, 7) is 0. The maximum atomic E-state index is 11.8. The van der Waals surface area contributed by atoms with E-state index in [-0.39, 0.29) is 0 Å². The quantitative estimate of drug-likeness (QED) is 0.206. The van der Waals surface area contributed by atoms with Crippen molar-refractivity contribution < 1.29 is 74.9 Å². The number of carbonyl (C=O) groups is 3. The molecule has 0 spiro atoms. The molecule has 0 amide bonds. The summed E-state index contributed by atoms with van der Waals surface area (Å²) in [6, 6.07) is 2.33. The highest BCUT2D eigenvalue weighted by Gasteiger charge is 2.30. The van der Waals surface area contributed by atoms with Crippen LogP contribution in [0.3, 0.4) is 0 Å². The number of carboxylic acid groups (broad SMARTS) is 3. The first-order chi connectivity index (χ1) is 16.7. The Morgan fingerprint density at radius 1 is 0.500 bits per heavy atom. The Hall–Kier alpha value is -5.73. The lowest BCUT2D eigenvalue weighted by molar-refractivity contribution is 0.0682. The zero-order valence-corrected chi connectivity index (χ0v) is 17.3. The van der Waals surface area contributed by atoms with Crippen LogP contribution in [0.2, 0.25) is 0 Å². The molecule has 3 rings (SSSR count). The third kappa shape index (κ3) is 4.26. The minimum Gasteiger partial charge on any atom is -0.504 e. The van der Waals surface area contributed by atoms with Crippen molar-refractivity contribution in [2.24, 2.45) is 0 Å². The predicted octanol–water partition coefficient (Wildman–Crippen LogP) is 2.30. The van der Waals surface area contributed by atoms with Gasteiger partial charge in [0, 0.05) is 12.1 Å². The van der Waals surface area contributed by atoms with Gasteiger partial charge in [-0.25, -0.2) is 14.4 Å². The van der Waals surface area contributed by atoms with Gasteiger partial charge in [-0.1, -0.05) is 0 Å². The van der Waals surface area contributed by atoms with Crippen LogP contribution in [-0.2, 0) is 0 Å². The fraction of sp³-hybridized carbons (Fsp3) is 0. The molecular weight excluding hydrogens is 492 g/mol. The molecule has 10 N–H and O–H groups in total. The van der Waals surface area contributed by atoms with Crippen LogP contribution in [0.5, 0.6) is 63.2 Å². The smallest absolute Gasteiger partial charge is 0.339 e. The summed E-state index contributed by atoms with van der Waals surface area (Å²) in [6.07, 6.45) is 0. The number of phenolic OH excluding ortho intramolecular Hbond substituents is 7. The standard InChI is InChI=1S/C21H14O15/c22-8-1-5(19(29)30)2-10(12(8)24)35-11-4-7(21(33)34)18(16(28)14(11)26)36-17-6(20(31)32)3-9(23)13(25)15(17)27/h1-4,22-28H,(H,29,30)(H,31,32)(H,33,34). The van der Waals surface area contributed by atoms with E-state index in [1.165, 1.54) is 0 Å². The predicted molar refractivity (Wildman–Crippen MR) is 112 cm³/mol. The first-order valence-corrected chi connectivity index (χ1v) is 9.22. The molecule has 0 saturated heterocycles. The Bertz CT molecular complexity index is 1440. The van der Waals surface area contributed by atoms with E-state index in [2.05, 4.69) is 0 Å². The van der Waals surface area contributed by atoms with E-state index in [0.717, 1.165) is 0 Å². The second-order valence-corrected chi connectivity index (χ2v) is 6.88. The van der Waals surface area contributed by atoms with Crippen molar-refractivity contribution in [3.05, 3.63) is 41.0 Å². The number of hydrogen-bond acceptors (Lipinski definition) is 12. The highest BCUT2D eigenvalue weighted by molar-refractivity contribution is 5.96. The zero-order valence-electron chi connectivity index (χ0n) is 17.3. The van der Waals surface area contributed by atoms with Crippen LogP contribution in [0.25, 0.3) is 0 Å². The van der Waals surface area contributed by atoms with Gasteiger partial charge in [-0.2, -0.15) is 0 Å². The second-order valence-electron chi connectivity index (χ2n) is 6.88. The minimum atomic E-state index is -1.86. The Morgan fingerprint density at radius 2 is 0.972 bits per heavy atom. The summed E-state index contributed by atoms with van der Waals surface area (Å²) in [7, 11) is 0. The lowest BCUT2D eigenvalue weighted by atomic mass is 10.1. The molecule has 0 atom stereocenters. The highest BCUT2D eigenvalue weighted by atomic mass is 16.5. The largest absolute Gasteiger partial charge is 0.504 e. The second kappa shape index (κ2) is 8.90. The average molecular weight is 506 g/mol. The number of ether oxygens (including phenoxy) is 2. The van der Waals surface area contributed by atoms with Gasteiger partial charge in [-0.3, -0.25) is 0 Å². The number of benzene rings is 3. The summed E-state index contributed by atoms with van der Waals surface area (Å²) in [5, 5.41) is 97.5. The molecule has 0 unspecified atom stereocenters. The Balaban J connectivity index is 2.20. The van der Waals surface area contributed by atoms with E-state index >= 15 is 0 Å². The molecule has 0 aliphatic rings. The molecule has 0 aromatic heterocycles. The summed E-state index contributed by atoms with van der Waals surface area (Å²) in [5.74, 6) is -17.5. The van der Waals surface area contributed by atoms with Crippen LogP contribution in [0.4, 0.5) is 0 Å². The molecule has 0 radical (unpaired) electrons. The van der Waals surface area contributed by atoms with E-state index in [1.807, 2.05) is 0 Å². The number of carboxylic acids is 3. The van der Waals surface area contributed by atoms with E-state index in [1.54, 1.807) is 0 Å². The average Bonchev–Trinajstić information content (AvgIpc) is 2.80. The number of aromatic carboxylic acids is 3. The minimum absolute atomic E-state index is 0.451. The van der Waals surface area contributed by atoms with E-state index in [0.29, 0.717) is 24.3 Å².